The number of hydrogen-bond acceptors (Lipinski definition) is 4. The van der Waals surface area contributed by atoms with Crippen LogP contribution in [0.5, 0.6) is 0 Å². The topological polar surface area (TPSA) is 73.4 Å². The Morgan fingerprint density at radius 1 is 1.21 bits per heavy atom. The third kappa shape index (κ3) is 3.70. The van der Waals surface area contributed by atoms with E-state index in [4.69, 9.17) is 11.0 Å². The SMILES string of the molecule is N#Cc1ccc(N2CCCN(CC(N)=O)CC2)cc1. The molecule has 1 fully saturated rings. The summed E-state index contributed by atoms with van der Waals surface area (Å²) in [5, 5.41) is 8.79. The number of nitriles is 1. The van der Waals surface area contributed by atoms with Crippen LogP contribution in [0.25, 0.3) is 0 Å². The van der Waals surface area contributed by atoms with E-state index in [1.165, 1.54) is 0 Å². The Labute approximate surface area is 113 Å². The van der Waals surface area contributed by atoms with Gasteiger partial charge < -0.3 is 10.6 Å². The van der Waals surface area contributed by atoms with Gasteiger partial charge in [-0.3, -0.25) is 9.69 Å². The molecular formula is C14H18N4O. The van der Waals surface area contributed by atoms with Crippen molar-refractivity contribution in [1.29, 1.82) is 5.26 Å². The molecule has 0 radical (unpaired) electrons. The summed E-state index contributed by atoms with van der Waals surface area (Å²) >= 11 is 0. The second kappa shape index (κ2) is 6.21. The van der Waals surface area contributed by atoms with Crippen LogP contribution < -0.4 is 10.6 Å². The third-order valence-corrected chi connectivity index (χ3v) is 3.33. The van der Waals surface area contributed by atoms with Gasteiger partial charge >= 0.3 is 0 Å². The highest BCUT2D eigenvalue weighted by Gasteiger charge is 2.16. The van der Waals surface area contributed by atoms with Crippen molar-refractivity contribution < 1.29 is 4.79 Å². The Kier molecular flexibility index (Phi) is 4.37. The van der Waals surface area contributed by atoms with E-state index in [1.807, 2.05) is 24.3 Å². The van der Waals surface area contributed by atoms with Crippen LogP contribution in [0.15, 0.2) is 24.3 Å². The number of nitrogens with two attached hydrogens (primary N) is 1. The van der Waals surface area contributed by atoms with Crippen molar-refractivity contribution in [2.75, 3.05) is 37.6 Å². The molecule has 1 aliphatic rings. The van der Waals surface area contributed by atoms with E-state index < -0.39 is 0 Å². The number of carbonyl (C=O) groups excluding carboxylic acids is 1. The van der Waals surface area contributed by atoms with Crippen LogP contribution in [0.4, 0.5) is 5.69 Å². The number of nitrogens with zero attached hydrogens (tertiary/aromatic N) is 3. The minimum atomic E-state index is -0.271. The molecule has 19 heavy (non-hydrogen) atoms. The van der Waals surface area contributed by atoms with Gasteiger partial charge in [-0.15, -0.1) is 0 Å². The number of carbonyl (C=O) groups is 1. The van der Waals surface area contributed by atoms with Gasteiger partial charge in [0.1, 0.15) is 0 Å². The Morgan fingerprint density at radius 2 is 1.95 bits per heavy atom. The van der Waals surface area contributed by atoms with Gasteiger partial charge in [0.05, 0.1) is 18.2 Å². The molecule has 5 nitrogen and oxygen atoms in total. The van der Waals surface area contributed by atoms with Crippen LogP contribution in [0.2, 0.25) is 0 Å². The lowest BCUT2D eigenvalue weighted by Gasteiger charge is -2.23. The fourth-order valence-corrected chi connectivity index (χ4v) is 2.35. The minimum Gasteiger partial charge on any atom is -0.370 e. The van der Waals surface area contributed by atoms with Gasteiger partial charge in [0.2, 0.25) is 5.91 Å². The summed E-state index contributed by atoms with van der Waals surface area (Å²) in [4.78, 5) is 15.3. The highest BCUT2D eigenvalue weighted by atomic mass is 16.1. The van der Waals surface area contributed by atoms with Crippen molar-refractivity contribution in [3.63, 3.8) is 0 Å². The number of anilines is 1. The maximum absolute atomic E-state index is 10.9. The average Bonchev–Trinajstić information content (AvgIpc) is 2.64. The fourth-order valence-electron chi connectivity index (χ4n) is 2.35. The van der Waals surface area contributed by atoms with Crippen LogP contribution in [0.1, 0.15) is 12.0 Å². The van der Waals surface area contributed by atoms with E-state index in [1.54, 1.807) is 0 Å². The van der Waals surface area contributed by atoms with Crippen molar-refractivity contribution in [3.05, 3.63) is 29.8 Å². The summed E-state index contributed by atoms with van der Waals surface area (Å²) in [6.45, 7) is 3.90. The predicted octanol–water partition coefficient (Wildman–Crippen LogP) is 0.556. The second-order valence-electron chi connectivity index (χ2n) is 4.74. The summed E-state index contributed by atoms with van der Waals surface area (Å²) in [6.07, 6.45) is 1.01. The molecule has 1 aromatic carbocycles. The van der Waals surface area contributed by atoms with Crippen molar-refractivity contribution in [3.8, 4) is 6.07 Å². The van der Waals surface area contributed by atoms with E-state index in [9.17, 15) is 4.79 Å². The fraction of sp³-hybridized carbons (Fsp3) is 0.429. The zero-order valence-corrected chi connectivity index (χ0v) is 10.9. The lowest BCUT2D eigenvalue weighted by Crippen LogP contribution is -2.36. The summed E-state index contributed by atoms with van der Waals surface area (Å²) in [7, 11) is 0. The van der Waals surface area contributed by atoms with Crippen LogP contribution in [0.3, 0.4) is 0 Å². The van der Waals surface area contributed by atoms with E-state index in [-0.39, 0.29) is 5.91 Å². The van der Waals surface area contributed by atoms with Gasteiger partial charge in [-0.2, -0.15) is 5.26 Å². The number of benzene rings is 1. The highest BCUT2D eigenvalue weighted by Crippen LogP contribution is 2.17. The first-order valence-electron chi connectivity index (χ1n) is 6.45. The van der Waals surface area contributed by atoms with Crippen molar-refractivity contribution in [2.45, 2.75) is 6.42 Å². The zero-order chi connectivity index (χ0) is 13.7. The Morgan fingerprint density at radius 3 is 2.58 bits per heavy atom. The molecule has 2 rings (SSSR count). The van der Waals surface area contributed by atoms with Crippen molar-refractivity contribution in [1.82, 2.24) is 4.90 Å². The van der Waals surface area contributed by atoms with Crippen LogP contribution in [-0.2, 0) is 4.79 Å². The lowest BCUT2D eigenvalue weighted by atomic mass is 10.2. The van der Waals surface area contributed by atoms with Crippen molar-refractivity contribution >= 4 is 11.6 Å². The standard InChI is InChI=1S/C14H18N4O/c15-10-12-2-4-13(5-3-12)18-7-1-6-17(8-9-18)11-14(16)19/h2-5H,1,6-9,11H2,(H2,16,19). The van der Waals surface area contributed by atoms with Gasteiger partial charge in [0.25, 0.3) is 0 Å². The molecule has 0 aliphatic carbocycles. The van der Waals surface area contributed by atoms with Crippen LogP contribution in [-0.4, -0.2) is 43.5 Å². The summed E-state index contributed by atoms with van der Waals surface area (Å²) in [5.41, 5.74) is 7.03. The van der Waals surface area contributed by atoms with E-state index >= 15 is 0 Å². The molecule has 1 heterocycles. The summed E-state index contributed by atoms with van der Waals surface area (Å²) in [5.74, 6) is -0.271. The van der Waals surface area contributed by atoms with Gasteiger partial charge in [-0.1, -0.05) is 0 Å². The number of primary amides is 1. The molecule has 0 bridgehead atoms. The van der Waals surface area contributed by atoms with E-state index in [2.05, 4.69) is 15.9 Å². The highest BCUT2D eigenvalue weighted by molar-refractivity contribution is 5.75. The van der Waals surface area contributed by atoms with Crippen LogP contribution >= 0.6 is 0 Å². The molecule has 1 amide bonds. The third-order valence-electron chi connectivity index (χ3n) is 3.33. The smallest absolute Gasteiger partial charge is 0.231 e. The predicted molar refractivity (Wildman–Crippen MR) is 73.6 cm³/mol. The second-order valence-corrected chi connectivity index (χ2v) is 4.74. The molecule has 5 heteroatoms. The largest absolute Gasteiger partial charge is 0.370 e. The molecule has 1 saturated heterocycles. The molecule has 0 aromatic heterocycles. The molecule has 1 aromatic rings. The first-order valence-corrected chi connectivity index (χ1v) is 6.45. The zero-order valence-electron chi connectivity index (χ0n) is 10.9. The van der Waals surface area contributed by atoms with Gasteiger partial charge in [0.15, 0.2) is 0 Å². The summed E-state index contributed by atoms with van der Waals surface area (Å²) in [6, 6.07) is 9.74. The molecule has 0 spiro atoms. The maximum Gasteiger partial charge on any atom is 0.231 e. The van der Waals surface area contributed by atoms with Crippen LogP contribution in [0, 0.1) is 11.3 Å². The first kappa shape index (κ1) is 13.4. The van der Waals surface area contributed by atoms with Gasteiger partial charge in [0, 0.05) is 31.9 Å². The van der Waals surface area contributed by atoms with E-state index in [0.29, 0.717) is 12.1 Å². The van der Waals surface area contributed by atoms with Gasteiger partial charge in [-0.05, 0) is 30.7 Å². The number of hydrogen-bond donors (Lipinski definition) is 1. The monoisotopic (exact) mass is 258 g/mol. The Hall–Kier alpha value is -2.06. The number of amides is 1. The first-order chi connectivity index (χ1) is 9.19. The molecule has 0 saturated carbocycles. The minimum absolute atomic E-state index is 0.271. The Bertz CT molecular complexity index is 477. The number of rotatable bonds is 3. The van der Waals surface area contributed by atoms with Crippen molar-refractivity contribution in [2.24, 2.45) is 5.73 Å². The quantitative estimate of drug-likeness (QED) is 0.859. The van der Waals surface area contributed by atoms with E-state index in [0.717, 1.165) is 38.3 Å². The molecular weight excluding hydrogens is 240 g/mol. The van der Waals surface area contributed by atoms with Gasteiger partial charge in [-0.25, -0.2) is 0 Å². The Balaban J connectivity index is 1.98. The normalized spacial score (nSPS) is 16.7. The molecule has 1 aliphatic heterocycles. The molecule has 0 atom stereocenters. The molecule has 2 N–H and O–H groups in total. The average molecular weight is 258 g/mol. The molecule has 0 unspecified atom stereocenters. The maximum atomic E-state index is 10.9. The summed E-state index contributed by atoms with van der Waals surface area (Å²) < 4.78 is 0. The molecule has 100 valence electrons. The lowest BCUT2D eigenvalue weighted by molar-refractivity contribution is -0.119.